The Bertz CT molecular complexity index is 497. The SMILES string of the molecule is COC1=CC2=C(CC1OC)C(C1CCNCC1)OC2CNC=O. The van der Waals surface area contributed by atoms with Gasteiger partial charge in [-0.3, -0.25) is 4.79 Å². The molecule has 0 aromatic carbocycles. The molecule has 0 spiro atoms. The van der Waals surface area contributed by atoms with Crippen molar-refractivity contribution < 1.29 is 19.0 Å². The lowest BCUT2D eigenvalue weighted by Crippen LogP contribution is -2.37. The van der Waals surface area contributed by atoms with Crippen molar-refractivity contribution in [2.75, 3.05) is 33.9 Å². The fourth-order valence-corrected chi connectivity index (χ4v) is 3.92. The number of carbonyl (C=O) groups is 1. The van der Waals surface area contributed by atoms with Gasteiger partial charge in [0.2, 0.25) is 6.41 Å². The molecule has 2 N–H and O–H groups in total. The smallest absolute Gasteiger partial charge is 0.207 e. The zero-order valence-electron chi connectivity index (χ0n) is 13.8. The van der Waals surface area contributed by atoms with Crippen molar-refractivity contribution in [2.45, 2.75) is 37.6 Å². The minimum Gasteiger partial charge on any atom is -0.498 e. The van der Waals surface area contributed by atoms with Crippen LogP contribution in [0.15, 0.2) is 23.0 Å². The van der Waals surface area contributed by atoms with Gasteiger partial charge in [0.25, 0.3) is 0 Å². The van der Waals surface area contributed by atoms with Crippen LogP contribution in [0.4, 0.5) is 0 Å². The van der Waals surface area contributed by atoms with Crippen molar-refractivity contribution in [3.8, 4) is 0 Å². The third kappa shape index (κ3) is 3.29. The average molecular weight is 322 g/mol. The van der Waals surface area contributed by atoms with Crippen LogP contribution in [0.25, 0.3) is 0 Å². The molecule has 0 bridgehead atoms. The summed E-state index contributed by atoms with van der Waals surface area (Å²) in [6.07, 6.45) is 5.79. The number of hydrogen-bond acceptors (Lipinski definition) is 5. The van der Waals surface area contributed by atoms with Gasteiger partial charge in [0.1, 0.15) is 18.0 Å². The van der Waals surface area contributed by atoms with Gasteiger partial charge < -0.3 is 24.8 Å². The number of ether oxygens (including phenoxy) is 3. The van der Waals surface area contributed by atoms with Crippen molar-refractivity contribution in [3.05, 3.63) is 23.0 Å². The summed E-state index contributed by atoms with van der Waals surface area (Å²) >= 11 is 0. The maximum absolute atomic E-state index is 10.7. The number of methoxy groups -OCH3 is 2. The zero-order valence-corrected chi connectivity index (χ0v) is 13.8. The lowest BCUT2D eigenvalue weighted by molar-refractivity contribution is -0.110. The summed E-state index contributed by atoms with van der Waals surface area (Å²) in [4.78, 5) is 10.7. The Morgan fingerprint density at radius 2 is 2.17 bits per heavy atom. The van der Waals surface area contributed by atoms with Crippen molar-refractivity contribution >= 4 is 6.41 Å². The highest BCUT2D eigenvalue weighted by molar-refractivity contribution is 5.48. The molecule has 0 aromatic heterocycles. The maximum atomic E-state index is 10.7. The number of piperidine rings is 1. The van der Waals surface area contributed by atoms with E-state index in [1.807, 2.05) is 6.08 Å². The van der Waals surface area contributed by atoms with Crippen molar-refractivity contribution in [1.29, 1.82) is 0 Å². The topological polar surface area (TPSA) is 68.8 Å². The van der Waals surface area contributed by atoms with E-state index in [0.717, 1.165) is 50.1 Å². The molecule has 2 aliphatic heterocycles. The molecule has 1 fully saturated rings. The van der Waals surface area contributed by atoms with Crippen LogP contribution >= 0.6 is 0 Å². The predicted molar refractivity (Wildman–Crippen MR) is 85.9 cm³/mol. The molecule has 0 radical (unpaired) electrons. The fraction of sp³-hybridized carbons (Fsp3) is 0.706. The van der Waals surface area contributed by atoms with Gasteiger partial charge in [0.15, 0.2) is 0 Å². The van der Waals surface area contributed by atoms with Gasteiger partial charge >= 0.3 is 0 Å². The Kier molecular flexibility index (Phi) is 5.35. The van der Waals surface area contributed by atoms with Gasteiger partial charge in [-0.15, -0.1) is 0 Å². The van der Waals surface area contributed by atoms with Crippen LogP contribution in [0.1, 0.15) is 19.3 Å². The van der Waals surface area contributed by atoms with Crippen molar-refractivity contribution in [2.24, 2.45) is 5.92 Å². The van der Waals surface area contributed by atoms with Crippen LogP contribution in [0, 0.1) is 5.92 Å². The lowest BCUT2D eigenvalue weighted by Gasteiger charge is -2.31. The minimum atomic E-state index is -0.0990. The van der Waals surface area contributed by atoms with E-state index in [1.165, 1.54) is 5.57 Å². The summed E-state index contributed by atoms with van der Waals surface area (Å²) in [5.41, 5.74) is 2.48. The maximum Gasteiger partial charge on any atom is 0.207 e. The second-order valence-electron chi connectivity index (χ2n) is 6.32. The number of hydrogen-bond donors (Lipinski definition) is 2. The molecule has 3 rings (SSSR count). The van der Waals surface area contributed by atoms with Crippen LogP contribution in [-0.4, -0.2) is 58.6 Å². The molecule has 2 heterocycles. The van der Waals surface area contributed by atoms with Crippen LogP contribution in [0.2, 0.25) is 0 Å². The molecule has 128 valence electrons. The molecule has 3 aliphatic rings. The number of nitrogens with one attached hydrogen (secondary N) is 2. The summed E-state index contributed by atoms with van der Waals surface area (Å²) in [6, 6.07) is 0. The Morgan fingerprint density at radius 3 is 2.83 bits per heavy atom. The summed E-state index contributed by atoms with van der Waals surface area (Å²) < 4.78 is 17.4. The second kappa shape index (κ2) is 7.47. The highest BCUT2D eigenvalue weighted by Crippen LogP contribution is 2.42. The third-order valence-electron chi connectivity index (χ3n) is 5.11. The largest absolute Gasteiger partial charge is 0.498 e. The normalized spacial score (nSPS) is 31.6. The second-order valence-corrected chi connectivity index (χ2v) is 6.32. The first-order chi connectivity index (χ1) is 11.3. The molecule has 23 heavy (non-hydrogen) atoms. The minimum absolute atomic E-state index is 0.0515. The van der Waals surface area contributed by atoms with Gasteiger partial charge in [-0.1, -0.05) is 0 Å². The fourth-order valence-electron chi connectivity index (χ4n) is 3.92. The Balaban J connectivity index is 1.86. The molecule has 6 heteroatoms. The van der Waals surface area contributed by atoms with E-state index >= 15 is 0 Å². The van der Waals surface area contributed by atoms with Crippen LogP contribution in [0.3, 0.4) is 0 Å². The lowest BCUT2D eigenvalue weighted by atomic mass is 9.82. The average Bonchev–Trinajstić information content (AvgIpc) is 2.97. The first kappa shape index (κ1) is 16.5. The Labute approximate surface area is 137 Å². The van der Waals surface area contributed by atoms with E-state index < -0.39 is 0 Å². The highest BCUT2D eigenvalue weighted by Gasteiger charge is 2.42. The van der Waals surface area contributed by atoms with E-state index in [1.54, 1.807) is 14.2 Å². The molecular weight excluding hydrogens is 296 g/mol. The zero-order chi connectivity index (χ0) is 16.2. The Hall–Kier alpha value is -1.37. The monoisotopic (exact) mass is 322 g/mol. The Morgan fingerprint density at radius 1 is 1.39 bits per heavy atom. The van der Waals surface area contributed by atoms with Gasteiger partial charge in [0, 0.05) is 20.1 Å². The predicted octanol–water partition coefficient (Wildman–Crippen LogP) is 0.745. The summed E-state index contributed by atoms with van der Waals surface area (Å²) in [7, 11) is 3.38. The molecule has 1 saturated heterocycles. The van der Waals surface area contributed by atoms with E-state index in [-0.39, 0.29) is 18.3 Å². The third-order valence-corrected chi connectivity index (χ3v) is 5.11. The highest BCUT2D eigenvalue weighted by atomic mass is 16.5. The molecule has 3 unspecified atom stereocenters. The molecule has 0 saturated carbocycles. The molecule has 1 amide bonds. The molecule has 0 aromatic rings. The van der Waals surface area contributed by atoms with Gasteiger partial charge in [-0.25, -0.2) is 0 Å². The van der Waals surface area contributed by atoms with Crippen LogP contribution in [-0.2, 0) is 19.0 Å². The van der Waals surface area contributed by atoms with Gasteiger partial charge in [-0.05, 0) is 49.1 Å². The van der Waals surface area contributed by atoms with E-state index in [4.69, 9.17) is 14.2 Å². The van der Waals surface area contributed by atoms with Gasteiger partial charge in [0.05, 0.1) is 13.2 Å². The first-order valence-corrected chi connectivity index (χ1v) is 8.33. The molecule has 6 nitrogen and oxygen atoms in total. The summed E-state index contributed by atoms with van der Waals surface area (Å²) in [5, 5.41) is 6.16. The summed E-state index contributed by atoms with van der Waals surface area (Å²) in [5.74, 6) is 1.36. The van der Waals surface area contributed by atoms with Crippen molar-refractivity contribution in [1.82, 2.24) is 10.6 Å². The number of amides is 1. The van der Waals surface area contributed by atoms with Gasteiger partial charge in [-0.2, -0.15) is 0 Å². The summed E-state index contributed by atoms with van der Waals surface area (Å²) in [6.45, 7) is 2.57. The standard InChI is InChI=1S/C17H26N2O4/c1-21-14-7-12-13(8-15(14)22-2)17(11-3-5-18-6-4-11)23-16(12)9-19-10-20/h7,10-11,15-18H,3-6,8-9H2,1-2H3,(H,19,20). The van der Waals surface area contributed by atoms with E-state index in [0.29, 0.717) is 12.5 Å². The van der Waals surface area contributed by atoms with Crippen LogP contribution < -0.4 is 10.6 Å². The van der Waals surface area contributed by atoms with Crippen LogP contribution in [0.5, 0.6) is 0 Å². The molecule has 3 atom stereocenters. The number of carbonyl (C=O) groups excluding carboxylic acids is 1. The molecule has 1 aliphatic carbocycles. The molecular formula is C17H26N2O4. The van der Waals surface area contributed by atoms with Crippen molar-refractivity contribution in [3.63, 3.8) is 0 Å². The first-order valence-electron chi connectivity index (χ1n) is 8.33. The van der Waals surface area contributed by atoms with E-state index in [2.05, 4.69) is 10.6 Å². The van der Waals surface area contributed by atoms with E-state index in [9.17, 15) is 4.79 Å². The number of rotatable bonds is 6. The quantitative estimate of drug-likeness (QED) is 0.706.